The van der Waals surface area contributed by atoms with Crippen molar-refractivity contribution in [2.24, 2.45) is 0 Å². The van der Waals surface area contributed by atoms with Crippen LogP contribution in [0.3, 0.4) is 0 Å². The van der Waals surface area contributed by atoms with E-state index in [2.05, 4.69) is 10.3 Å². The van der Waals surface area contributed by atoms with Gasteiger partial charge in [0.15, 0.2) is 0 Å². The highest BCUT2D eigenvalue weighted by molar-refractivity contribution is 6.30. The van der Waals surface area contributed by atoms with Gasteiger partial charge in [0, 0.05) is 22.7 Å². The van der Waals surface area contributed by atoms with Gasteiger partial charge in [-0.15, -0.1) is 5.10 Å². The Balaban J connectivity index is 2.08. The summed E-state index contributed by atoms with van der Waals surface area (Å²) in [6.45, 7) is 0. The topological polar surface area (TPSA) is 73.8 Å². The third kappa shape index (κ3) is 2.61. The molecule has 0 N–H and O–H groups in total. The van der Waals surface area contributed by atoms with Crippen molar-refractivity contribution in [3.63, 3.8) is 0 Å². The highest BCUT2D eigenvalue weighted by atomic mass is 35.5. The van der Waals surface area contributed by atoms with Crippen molar-refractivity contribution in [2.75, 3.05) is 0 Å². The summed E-state index contributed by atoms with van der Waals surface area (Å²) >= 11 is 5.87. The minimum Gasteiger partial charge on any atom is -0.258 e. The van der Waals surface area contributed by atoms with Crippen LogP contribution >= 0.6 is 11.6 Å². The zero-order valence-corrected chi connectivity index (χ0v) is 11.4. The zero-order valence-electron chi connectivity index (χ0n) is 10.7. The number of hydrogen-bond acceptors (Lipinski definition) is 4. The summed E-state index contributed by atoms with van der Waals surface area (Å²) in [5.41, 5.74) is 2.18. The SMILES string of the molecule is O=[N+]([O-])c1cccc(-n2nncc2-c2ccc(Cl)cc2)c1. The Labute approximate surface area is 124 Å². The quantitative estimate of drug-likeness (QED) is 0.548. The molecule has 3 aromatic rings. The molecule has 0 saturated carbocycles. The van der Waals surface area contributed by atoms with E-state index in [1.807, 2.05) is 12.1 Å². The average molecular weight is 301 g/mol. The molecule has 7 heteroatoms. The Morgan fingerprint density at radius 2 is 1.90 bits per heavy atom. The van der Waals surface area contributed by atoms with E-state index in [-0.39, 0.29) is 5.69 Å². The van der Waals surface area contributed by atoms with Crippen molar-refractivity contribution >= 4 is 17.3 Å². The molecular formula is C14H9ClN4O2. The third-order valence-electron chi connectivity index (χ3n) is 2.97. The van der Waals surface area contributed by atoms with E-state index < -0.39 is 4.92 Å². The van der Waals surface area contributed by atoms with E-state index in [4.69, 9.17) is 11.6 Å². The standard InChI is InChI=1S/C14H9ClN4O2/c15-11-6-4-10(5-7-11)14-9-16-17-18(14)12-2-1-3-13(8-12)19(20)21/h1-9H. The summed E-state index contributed by atoms with van der Waals surface area (Å²) in [7, 11) is 0. The smallest absolute Gasteiger partial charge is 0.258 e. The van der Waals surface area contributed by atoms with Crippen LogP contribution in [0.2, 0.25) is 5.02 Å². The van der Waals surface area contributed by atoms with Crippen molar-refractivity contribution in [1.82, 2.24) is 15.0 Å². The van der Waals surface area contributed by atoms with Gasteiger partial charge in [0.25, 0.3) is 5.69 Å². The fourth-order valence-corrected chi connectivity index (χ4v) is 2.11. The van der Waals surface area contributed by atoms with Crippen LogP contribution in [0.5, 0.6) is 0 Å². The minimum absolute atomic E-state index is 0.00468. The maximum Gasteiger partial charge on any atom is 0.271 e. The highest BCUT2D eigenvalue weighted by Crippen LogP contribution is 2.24. The van der Waals surface area contributed by atoms with Gasteiger partial charge in [-0.25, -0.2) is 4.68 Å². The number of halogens is 1. The van der Waals surface area contributed by atoms with Gasteiger partial charge < -0.3 is 0 Å². The Hall–Kier alpha value is -2.73. The molecule has 0 unspecified atom stereocenters. The summed E-state index contributed by atoms with van der Waals surface area (Å²) in [4.78, 5) is 10.4. The van der Waals surface area contributed by atoms with Crippen molar-refractivity contribution in [1.29, 1.82) is 0 Å². The number of non-ortho nitro benzene ring substituents is 1. The van der Waals surface area contributed by atoms with Gasteiger partial charge in [0.1, 0.15) is 0 Å². The largest absolute Gasteiger partial charge is 0.271 e. The monoisotopic (exact) mass is 300 g/mol. The van der Waals surface area contributed by atoms with Crippen molar-refractivity contribution < 1.29 is 4.92 Å². The van der Waals surface area contributed by atoms with Crippen LogP contribution in [0, 0.1) is 10.1 Å². The summed E-state index contributed by atoms with van der Waals surface area (Å²) in [6.07, 6.45) is 1.60. The number of nitrogens with zero attached hydrogens (tertiary/aromatic N) is 4. The molecular weight excluding hydrogens is 292 g/mol. The Morgan fingerprint density at radius 3 is 2.62 bits per heavy atom. The van der Waals surface area contributed by atoms with Gasteiger partial charge >= 0.3 is 0 Å². The summed E-state index contributed by atoms with van der Waals surface area (Å²) in [6, 6.07) is 13.4. The van der Waals surface area contributed by atoms with Crippen LogP contribution in [0.15, 0.2) is 54.7 Å². The molecule has 6 nitrogen and oxygen atoms in total. The predicted molar refractivity (Wildman–Crippen MR) is 78.5 cm³/mol. The van der Waals surface area contributed by atoms with E-state index in [9.17, 15) is 10.1 Å². The first-order valence-corrected chi connectivity index (χ1v) is 6.44. The second-order valence-corrected chi connectivity index (χ2v) is 4.75. The van der Waals surface area contributed by atoms with E-state index in [1.165, 1.54) is 12.1 Å². The second-order valence-electron chi connectivity index (χ2n) is 4.31. The molecule has 0 fully saturated rings. The fraction of sp³-hybridized carbons (Fsp3) is 0. The van der Waals surface area contributed by atoms with E-state index in [0.29, 0.717) is 10.7 Å². The van der Waals surface area contributed by atoms with Gasteiger partial charge in [-0.05, 0) is 18.2 Å². The van der Waals surface area contributed by atoms with Gasteiger partial charge in [-0.1, -0.05) is 35.0 Å². The molecule has 3 rings (SSSR count). The lowest BCUT2D eigenvalue weighted by Crippen LogP contribution is -2.00. The Morgan fingerprint density at radius 1 is 1.14 bits per heavy atom. The maximum atomic E-state index is 10.9. The number of rotatable bonds is 3. The maximum absolute atomic E-state index is 10.9. The molecule has 0 aliphatic carbocycles. The van der Waals surface area contributed by atoms with Crippen LogP contribution in [0.25, 0.3) is 16.9 Å². The molecule has 1 heterocycles. The van der Waals surface area contributed by atoms with Crippen molar-refractivity contribution in [2.45, 2.75) is 0 Å². The molecule has 104 valence electrons. The molecule has 0 amide bonds. The molecule has 0 bridgehead atoms. The van der Waals surface area contributed by atoms with E-state index in [1.54, 1.807) is 35.1 Å². The number of aromatic nitrogens is 3. The van der Waals surface area contributed by atoms with Crippen molar-refractivity contribution in [3.8, 4) is 16.9 Å². The molecule has 0 saturated heterocycles. The average Bonchev–Trinajstić information content (AvgIpc) is 2.97. The second kappa shape index (κ2) is 5.34. The number of benzene rings is 2. The van der Waals surface area contributed by atoms with Gasteiger partial charge in [-0.2, -0.15) is 0 Å². The summed E-state index contributed by atoms with van der Waals surface area (Å²) in [5, 5.41) is 19.4. The van der Waals surface area contributed by atoms with Crippen LogP contribution < -0.4 is 0 Å². The number of nitro benzene ring substituents is 1. The normalized spacial score (nSPS) is 10.5. The lowest BCUT2D eigenvalue weighted by molar-refractivity contribution is -0.384. The van der Waals surface area contributed by atoms with E-state index in [0.717, 1.165) is 11.3 Å². The third-order valence-corrected chi connectivity index (χ3v) is 3.23. The van der Waals surface area contributed by atoms with E-state index >= 15 is 0 Å². The first-order valence-electron chi connectivity index (χ1n) is 6.06. The van der Waals surface area contributed by atoms with Gasteiger partial charge in [0.2, 0.25) is 0 Å². The lowest BCUT2D eigenvalue weighted by atomic mass is 10.1. The molecule has 21 heavy (non-hydrogen) atoms. The minimum atomic E-state index is -0.442. The molecule has 0 atom stereocenters. The van der Waals surface area contributed by atoms with Crippen LogP contribution in [-0.2, 0) is 0 Å². The van der Waals surface area contributed by atoms with Gasteiger partial charge in [-0.3, -0.25) is 10.1 Å². The first-order chi connectivity index (χ1) is 10.1. The molecule has 1 aromatic heterocycles. The lowest BCUT2D eigenvalue weighted by Gasteiger charge is -2.06. The number of nitro groups is 1. The van der Waals surface area contributed by atoms with Crippen LogP contribution in [0.4, 0.5) is 5.69 Å². The number of hydrogen-bond donors (Lipinski definition) is 0. The molecule has 2 aromatic carbocycles. The fourth-order valence-electron chi connectivity index (χ4n) is 1.98. The van der Waals surface area contributed by atoms with Crippen LogP contribution in [0.1, 0.15) is 0 Å². The molecule has 0 spiro atoms. The summed E-state index contributed by atoms with van der Waals surface area (Å²) in [5.74, 6) is 0. The zero-order chi connectivity index (χ0) is 14.8. The Kier molecular flexibility index (Phi) is 3.37. The van der Waals surface area contributed by atoms with Crippen LogP contribution in [-0.4, -0.2) is 19.9 Å². The molecule has 0 aliphatic rings. The Bertz CT molecular complexity index is 799. The first kappa shape index (κ1) is 13.3. The predicted octanol–water partition coefficient (Wildman–Crippen LogP) is 3.50. The summed E-state index contributed by atoms with van der Waals surface area (Å²) < 4.78 is 1.55. The van der Waals surface area contributed by atoms with Gasteiger partial charge in [0.05, 0.1) is 22.5 Å². The molecule has 0 radical (unpaired) electrons. The van der Waals surface area contributed by atoms with Crippen molar-refractivity contribution in [3.05, 3.63) is 69.9 Å². The highest BCUT2D eigenvalue weighted by Gasteiger charge is 2.12. The molecule has 0 aliphatic heterocycles.